The molecule has 5 heteroatoms. The summed E-state index contributed by atoms with van der Waals surface area (Å²) in [6.07, 6.45) is 5.86. The van der Waals surface area contributed by atoms with Gasteiger partial charge in [0.1, 0.15) is 5.75 Å². The van der Waals surface area contributed by atoms with Crippen LogP contribution in [0.3, 0.4) is 0 Å². The Morgan fingerprint density at radius 3 is 2.85 bits per heavy atom. The number of nitrogens with zero attached hydrogens (tertiary/aromatic N) is 1. The molecule has 1 aliphatic carbocycles. The summed E-state index contributed by atoms with van der Waals surface area (Å²) in [5, 5.41) is 6.70. The van der Waals surface area contributed by atoms with Crippen LogP contribution in [0.5, 0.6) is 5.75 Å². The second-order valence-electron chi connectivity index (χ2n) is 8.15. The molecule has 4 rings (SSSR count). The highest BCUT2D eigenvalue weighted by atomic mass is 16.5. The van der Waals surface area contributed by atoms with Crippen molar-refractivity contribution in [2.24, 2.45) is 11.3 Å². The zero-order valence-electron chi connectivity index (χ0n) is 15.8. The van der Waals surface area contributed by atoms with E-state index in [1.807, 2.05) is 12.1 Å². The topological polar surface area (TPSA) is 53.6 Å². The molecule has 1 aromatic rings. The molecule has 1 aromatic carbocycles. The first-order chi connectivity index (χ1) is 12.7. The summed E-state index contributed by atoms with van der Waals surface area (Å²) in [4.78, 5) is 15.3. The maximum absolute atomic E-state index is 12.8. The number of hydrogen-bond acceptors (Lipinski definition) is 4. The molecule has 2 N–H and O–H groups in total. The van der Waals surface area contributed by atoms with Gasteiger partial charge in [0.2, 0.25) is 5.91 Å². The van der Waals surface area contributed by atoms with Crippen LogP contribution in [0.15, 0.2) is 24.3 Å². The van der Waals surface area contributed by atoms with E-state index in [1.54, 1.807) is 7.11 Å². The van der Waals surface area contributed by atoms with Crippen molar-refractivity contribution in [1.29, 1.82) is 0 Å². The fourth-order valence-electron chi connectivity index (χ4n) is 4.88. The number of likely N-dealkylation sites (tertiary alicyclic amines) is 1. The molecule has 142 valence electrons. The highest BCUT2D eigenvalue weighted by Crippen LogP contribution is 2.58. The van der Waals surface area contributed by atoms with Gasteiger partial charge in [-0.2, -0.15) is 0 Å². The molecule has 3 aliphatic rings. The summed E-state index contributed by atoms with van der Waals surface area (Å²) < 4.78 is 5.40. The third-order valence-corrected chi connectivity index (χ3v) is 6.64. The average Bonchev–Trinajstić information content (AvgIpc) is 3.11. The Bertz CT molecular complexity index is 636. The Hall–Kier alpha value is -1.59. The van der Waals surface area contributed by atoms with Gasteiger partial charge in [0.15, 0.2) is 0 Å². The molecule has 2 heterocycles. The number of piperidine rings is 1. The van der Waals surface area contributed by atoms with Crippen molar-refractivity contribution in [3.05, 3.63) is 29.8 Å². The van der Waals surface area contributed by atoms with E-state index in [-0.39, 0.29) is 17.9 Å². The van der Waals surface area contributed by atoms with Crippen LogP contribution in [0.25, 0.3) is 0 Å². The van der Waals surface area contributed by atoms with E-state index < -0.39 is 0 Å². The van der Waals surface area contributed by atoms with E-state index in [0.29, 0.717) is 12.0 Å². The van der Waals surface area contributed by atoms with E-state index in [9.17, 15) is 4.79 Å². The molecule has 3 fully saturated rings. The molecule has 5 nitrogen and oxygen atoms in total. The lowest BCUT2D eigenvalue weighted by atomic mass is 9.91. The zero-order valence-corrected chi connectivity index (χ0v) is 15.8. The predicted molar refractivity (Wildman–Crippen MR) is 102 cm³/mol. The quantitative estimate of drug-likeness (QED) is 0.821. The molecule has 1 saturated carbocycles. The van der Waals surface area contributed by atoms with Crippen LogP contribution in [0.2, 0.25) is 0 Å². The van der Waals surface area contributed by atoms with Crippen LogP contribution in [0, 0.1) is 11.3 Å². The molecule has 2 aliphatic heterocycles. The first kappa shape index (κ1) is 17.8. The molecular formula is C21H31N3O2. The molecule has 1 amide bonds. The van der Waals surface area contributed by atoms with Crippen molar-refractivity contribution < 1.29 is 9.53 Å². The molecular weight excluding hydrogens is 326 g/mol. The molecule has 2 saturated heterocycles. The standard InChI is InChI=1S/C21H31N3O2/c1-26-17-6-4-5-16(13-17)19(24-11-2-3-12-24)15-23-20(25)18-14-21(18)7-9-22-10-8-21/h4-6,13,18-19,22H,2-3,7-12,14-15H2,1H3,(H,23,25). The summed E-state index contributed by atoms with van der Waals surface area (Å²) in [5.74, 6) is 1.38. The Balaban J connectivity index is 1.41. The smallest absolute Gasteiger partial charge is 0.223 e. The maximum Gasteiger partial charge on any atom is 0.223 e. The number of amides is 1. The fourth-order valence-corrected chi connectivity index (χ4v) is 4.88. The number of carbonyl (C=O) groups excluding carboxylic acids is 1. The van der Waals surface area contributed by atoms with Gasteiger partial charge in [-0.05, 0) is 81.4 Å². The number of carbonyl (C=O) groups is 1. The maximum atomic E-state index is 12.8. The lowest BCUT2D eigenvalue weighted by Crippen LogP contribution is -2.39. The van der Waals surface area contributed by atoms with Gasteiger partial charge >= 0.3 is 0 Å². The van der Waals surface area contributed by atoms with Gasteiger partial charge in [-0.25, -0.2) is 0 Å². The van der Waals surface area contributed by atoms with Crippen LogP contribution in [-0.2, 0) is 4.79 Å². The second kappa shape index (κ2) is 7.57. The highest BCUT2D eigenvalue weighted by molar-refractivity contribution is 5.82. The number of nitrogens with one attached hydrogen (secondary N) is 2. The van der Waals surface area contributed by atoms with Crippen molar-refractivity contribution >= 4 is 5.91 Å². The van der Waals surface area contributed by atoms with Crippen molar-refractivity contribution in [1.82, 2.24) is 15.5 Å². The van der Waals surface area contributed by atoms with Gasteiger partial charge in [-0.1, -0.05) is 12.1 Å². The second-order valence-corrected chi connectivity index (χ2v) is 8.15. The van der Waals surface area contributed by atoms with Gasteiger partial charge in [-0.3, -0.25) is 9.69 Å². The molecule has 2 unspecified atom stereocenters. The zero-order chi connectivity index (χ0) is 18.0. The molecule has 2 atom stereocenters. The van der Waals surface area contributed by atoms with Gasteiger partial charge in [0, 0.05) is 12.5 Å². The fraction of sp³-hybridized carbons (Fsp3) is 0.667. The average molecular weight is 357 g/mol. The van der Waals surface area contributed by atoms with Gasteiger partial charge in [0.25, 0.3) is 0 Å². The summed E-state index contributed by atoms with van der Waals surface area (Å²) in [6.45, 7) is 5.03. The van der Waals surface area contributed by atoms with Crippen LogP contribution in [0.4, 0.5) is 0 Å². The first-order valence-electron chi connectivity index (χ1n) is 10.1. The van der Waals surface area contributed by atoms with E-state index >= 15 is 0 Å². The van der Waals surface area contributed by atoms with E-state index in [2.05, 4.69) is 27.7 Å². The lowest BCUT2D eigenvalue weighted by molar-refractivity contribution is -0.123. The summed E-state index contributed by atoms with van der Waals surface area (Å²) in [5.41, 5.74) is 1.54. The van der Waals surface area contributed by atoms with Crippen LogP contribution >= 0.6 is 0 Å². The van der Waals surface area contributed by atoms with Crippen LogP contribution in [0.1, 0.15) is 43.7 Å². The van der Waals surface area contributed by atoms with Crippen molar-refractivity contribution in [3.63, 3.8) is 0 Å². The highest BCUT2D eigenvalue weighted by Gasteiger charge is 2.57. The number of benzene rings is 1. The third kappa shape index (κ3) is 3.60. The minimum atomic E-state index is 0.231. The van der Waals surface area contributed by atoms with Crippen LogP contribution in [-0.4, -0.2) is 50.6 Å². The molecule has 0 bridgehead atoms. The Kier molecular flexibility index (Phi) is 5.18. The van der Waals surface area contributed by atoms with Gasteiger partial charge in [-0.15, -0.1) is 0 Å². The monoisotopic (exact) mass is 357 g/mol. The van der Waals surface area contributed by atoms with E-state index in [0.717, 1.165) is 51.2 Å². The first-order valence-corrected chi connectivity index (χ1v) is 10.1. The number of hydrogen-bond donors (Lipinski definition) is 2. The van der Waals surface area contributed by atoms with Gasteiger partial charge < -0.3 is 15.4 Å². The molecule has 0 aromatic heterocycles. The Morgan fingerprint density at radius 2 is 2.12 bits per heavy atom. The largest absolute Gasteiger partial charge is 0.497 e. The van der Waals surface area contributed by atoms with Crippen molar-refractivity contribution in [2.75, 3.05) is 39.8 Å². The van der Waals surface area contributed by atoms with Crippen molar-refractivity contribution in [2.45, 2.75) is 38.1 Å². The summed E-state index contributed by atoms with van der Waals surface area (Å²) in [7, 11) is 1.71. The SMILES string of the molecule is COc1cccc(C(CNC(=O)C2CC23CCNCC3)N2CCCC2)c1. The van der Waals surface area contributed by atoms with Crippen molar-refractivity contribution in [3.8, 4) is 5.75 Å². The Morgan fingerprint density at radius 1 is 1.35 bits per heavy atom. The van der Waals surface area contributed by atoms with E-state index in [4.69, 9.17) is 4.74 Å². The van der Waals surface area contributed by atoms with Crippen LogP contribution < -0.4 is 15.4 Å². The molecule has 1 spiro atoms. The summed E-state index contributed by atoms with van der Waals surface area (Å²) in [6, 6.07) is 8.53. The predicted octanol–water partition coefficient (Wildman–Crippen LogP) is 2.34. The normalized spacial score (nSPS) is 25.8. The molecule has 0 radical (unpaired) electrons. The Labute approximate surface area is 156 Å². The molecule has 26 heavy (non-hydrogen) atoms. The minimum Gasteiger partial charge on any atom is -0.497 e. The third-order valence-electron chi connectivity index (χ3n) is 6.64. The van der Waals surface area contributed by atoms with E-state index in [1.165, 1.54) is 18.4 Å². The minimum absolute atomic E-state index is 0.231. The summed E-state index contributed by atoms with van der Waals surface area (Å²) >= 11 is 0. The lowest BCUT2D eigenvalue weighted by Gasteiger charge is -2.29. The number of ether oxygens (including phenoxy) is 1. The number of methoxy groups -OCH3 is 1. The number of rotatable bonds is 6. The van der Waals surface area contributed by atoms with Gasteiger partial charge in [0.05, 0.1) is 13.2 Å².